The number of nitrogens with two attached hydrogens (primary N) is 1. The smallest absolute Gasteiger partial charge is 0.164 e. The maximum Gasteiger partial charge on any atom is 0.164 e. The number of methoxy groups -OCH3 is 3. The van der Waals surface area contributed by atoms with Gasteiger partial charge in [0.1, 0.15) is 11.4 Å². The minimum absolute atomic E-state index is 0.0822. The summed E-state index contributed by atoms with van der Waals surface area (Å²) in [5.74, 6) is 1.58. The van der Waals surface area contributed by atoms with Crippen molar-refractivity contribution in [2.75, 3.05) is 27.9 Å². The monoisotopic (exact) mass is 241 g/mol. The normalized spacial score (nSPS) is 14.0. The number of hydrogen-bond donors (Lipinski definition) is 2. The molecule has 1 aromatic carbocycles. The Morgan fingerprint density at radius 1 is 1.06 bits per heavy atom. The van der Waals surface area contributed by atoms with Gasteiger partial charge in [-0.25, -0.2) is 0 Å². The molecule has 0 radical (unpaired) electrons. The molecule has 96 valence electrons. The first-order valence-corrected chi connectivity index (χ1v) is 5.23. The van der Waals surface area contributed by atoms with E-state index in [-0.39, 0.29) is 6.54 Å². The average Bonchev–Trinajstić information content (AvgIpc) is 2.36. The Morgan fingerprint density at radius 3 is 1.94 bits per heavy atom. The van der Waals surface area contributed by atoms with Gasteiger partial charge in [0.2, 0.25) is 0 Å². The molecule has 3 N–H and O–H groups in total. The summed E-state index contributed by atoms with van der Waals surface area (Å²) in [6, 6.07) is 3.34. The molecule has 0 heterocycles. The summed E-state index contributed by atoms with van der Waals surface area (Å²) in [6.45, 7) is 1.70. The molecule has 0 spiro atoms. The zero-order valence-corrected chi connectivity index (χ0v) is 10.6. The van der Waals surface area contributed by atoms with Gasteiger partial charge in [-0.3, -0.25) is 0 Å². The lowest BCUT2D eigenvalue weighted by atomic mass is 9.94. The highest BCUT2D eigenvalue weighted by Gasteiger charge is 2.27. The molecule has 1 atom stereocenters. The van der Waals surface area contributed by atoms with Gasteiger partial charge in [0.25, 0.3) is 0 Å². The van der Waals surface area contributed by atoms with Crippen molar-refractivity contribution in [3.8, 4) is 17.2 Å². The number of rotatable bonds is 5. The number of benzene rings is 1. The zero-order chi connectivity index (χ0) is 13.1. The predicted molar refractivity (Wildman–Crippen MR) is 64.7 cm³/mol. The van der Waals surface area contributed by atoms with Crippen LogP contribution in [0.2, 0.25) is 0 Å². The van der Waals surface area contributed by atoms with Crippen LogP contribution in [0.15, 0.2) is 12.1 Å². The van der Waals surface area contributed by atoms with Crippen molar-refractivity contribution in [1.82, 2.24) is 0 Å². The standard InChI is InChI=1S/C12H19NO4/c1-12(14,7-13)8-5-10(16-3)11(17-4)6-9(8)15-2/h5-6,14H,7,13H2,1-4H3. The Balaban J connectivity index is 3.38. The Labute approximate surface area is 101 Å². The molecule has 0 saturated carbocycles. The van der Waals surface area contributed by atoms with E-state index < -0.39 is 5.60 Å². The average molecular weight is 241 g/mol. The molecule has 0 saturated heterocycles. The van der Waals surface area contributed by atoms with Crippen molar-refractivity contribution in [1.29, 1.82) is 0 Å². The van der Waals surface area contributed by atoms with Crippen molar-refractivity contribution in [2.24, 2.45) is 5.73 Å². The van der Waals surface area contributed by atoms with E-state index in [1.54, 1.807) is 19.1 Å². The molecule has 17 heavy (non-hydrogen) atoms. The van der Waals surface area contributed by atoms with E-state index in [9.17, 15) is 5.11 Å². The quantitative estimate of drug-likeness (QED) is 0.800. The minimum atomic E-state index is -1.18. The summed E-state index contributed by atoms with van der Waals surface area (Å²) in [6.07, 6.45) is 0. The fourth-order valence-corrected chi connectivity index (χ4v) is 1.56. The SMILES string of the molecule is COc1cc(OC)c(C(C)(O)CN)cc1OC. The fraction of sp³-hybridized carbons (Fsp3) is 0.500. The Morgan fingerprint density at radius 2 is 1.53 bits per heavy atom. The minimum Gasteiger partial charge on any atom is -0.496 e. The molecule has 1 rings (SSSR count). The summed E-state index contributed by atoms with van der Waals surface area (Å²) >= 11 is 0. The summed E-state index contributed by atoms with van der Waals surface area (Å²) < 4.78 is 15.6. The van der Waals surface area contributed by atoms with Crippen molar-refractivity contribution in [3.05, 3.63) is 17.7 Å². The predicted octanol–water partition coefficient (Wildman–Crippen LogP) is 0.879. The van der Waals surface area contributed by atoms with Crippen LogP contribution in [-0.4, -0.2) is 33.0 Å². The second-order valence-corrected chi connectivity index (χ2v) is 3.89. The van der Waals surface area contributed by atoms with E-state index >= 15 is 0 Å². The molecule has 5 heteroatoms. The zero-order valence-electron chi connectivity index (χ0n) is 10.6. The van der Waals surface area contributed by atoms with E-state index in [0.717, 1.165) is 0 Å². The number of aliphatic hydroxyl groups is 1. The second-order valence-electron chi connectivity index (χ2n) is 3.89. The molecular formula is C12H19NO4. The lowest BCUT2D eigenvalue weighted by Crippen LogP contribution is -2.31. The van der Waals surface area contributed by atoms with Gasteiger partial charge in [-0.15, -0.1) is 0 Å². The van der Waals surface area contributed by atoms with Gasteiger partial charge >= 0.3 is 0 Å². The Kier molecular flexibility index (Phi) is 4.20. The van der Waals surface area contributed by atoms with Gasteiger partial charge < -0.3 is 25.1 Å². The van der Waals surface area contributed by atoms with Crippen LogP contribution < -0.4 is 19.9 Å². The van der Waals surface area contributed by atoms with Crippen LogP contribution in [-0.2, 0) is 5.60 Å². The molecule has 1 aromatic rings. The molecule has 0 aromatic heterocycles. The summed E-state index contributed by atoms with van der Waals surface area (Å²) in [4.78, 5) is 0. The molecule has 0 amide bonds. The van der Waals surface area contributed by atoms with Crippen molar-refractivity contribution < 1.29 is 19.3 Å². The van der Waals surface area contributed by atoms with Gasteiger partial charge in [0, 0.05) is 18.2 Å². The van der Waals surface area contributed by atoms with Crippen LogP contribution in [0.4, 0.5) is 0 Å². The molecule has 1 unspecified atom stereocenters. The van der Waals surface area contributed by atoms with Crippen LogP contribution in [0.5, 0.6) is 17.2 Å². The molecule has 0 bridgehead atoms. The fourth-order valence-electron chi connectivity index (χ4n) is 1.56. The van der Waals surface area contributed by atoms with Crippen LogP contribution >= 0.6 is 0 Å². The van der Waals surface area contributed by atoms with Crippen LogP contribution in [0, 0.1) is 0 Å². The lowest BCUT2D eigenvalue weighted by Gasteiger charge is -2.25. The van der Waals surface area contributed by atoms with Crippen molar-refractivity contribution in [3.63, 3.8) is 0 Å². The highest BCUT2D eigenvalue weighted by atomic mass is 16.5. The summed E-state index contributed by atoms with van der Waals surface area (Å²) in [5, 5.41) is 10.2. The van der Waals surface area contributed by atoms with Crippen molar-refractivity contribution >= 4 is 0 Å². The maximum absolute atomic E-state index is 10.2. The first-order chi connectivity index (χ1) is 8.00. The maximum atomic E-state index is 10.2. The van der Waals surface area contributed by atoms with Crippen LogP contribution in [0.1, 0.15) is 12.5 Å². The highest BCUT2D eigenvalue weighted by molar-refractivity contribution is 5.52. The molecular weight excluding hydrogens is 222 g/mol. The van der Waals surface area contributed by atoms with Gasteiger partial charge in [-0.1, -0.05) is 0 Å². The molecule has 0 fully saturated rings. The van der Waals surface area contributed by atoms with Gasteiger partial charge in [0.05, 0.1) is 21.3 Å². The Bertz CT molecular complexity index is 390. The van der Waals surface area contributed by atoms with E-state index in [0.29, 0.717) is 22.8 Å². The third-order valence-electron chi connectivity index (χ3n) is 2.68. The summed E-state index contributed by atoms with van der Waals surface area (Å²) in [5.41, 5.74) is 4.94. The van der Waals surface area contributed by atoms with E-state index in [2.05, 4.69) is 0 Å². The topological polar surface area (TPSA) is 73.9 Å². The molecule has 0 aliphatic rings. The highest BCUT2D eigenvalue weighted by Crippen LogP contribution is 2.39. The van der Waals surface area contributed by atoms with Crippen LogP contribution in [0.3, 0.4) is 0 Å². The first kappa shape index (κ1) is 13.6. The van der Waals surface area contributed by atoms with Gasteiger partial charge in [-0.2, -0.15) is 0 Å². The molecule has 0 aliphatic heterocycles. The Hall–Kier alpha value is -1.46. The summed E-state index contributed by atoms with van der Waals surface area (Å²) in [7, 11) is 4.60. The molecule has 0 aliphatic carbocycles. The lowest BCUT2D eigenvalue weighted by molar-refractivity contribution is 0.0637. The number of hydrogen-bond acceptors (Lipinski definition) is 5. The number of ether oxygens (including phenoxy) is 3. The van der Waals surface area contributed by atoms with E-state index in [1.165, 1.54) is 21.3 Å². The third kappa shape index (κ3) is 2.62. The van der Waals surface area contributed by atoms with Gasteiger partial charge in [0.15, 0.2) is 11.5 Å². The first-order valence-electron chi connectivity index (χ1n) is 5.23. The van der Waals surface area contributed by atoms with Crippen LogP contribution in [0.25, 0.3) is 0 Å². The van der Waals surface area contributed by atoms with E-state index in [4.69, 9.17) is 19.9 Å². The third-order valence-corrected chi connectivity index (χ3v) is 2.68. The van der Waals surface area contributed by atoms with Gasteiger partial charge in [-0.05, 0) is 13.0 Å². The van der Waals surface area contributed by atoms with Crippen molar-refractivity contribution in [2.45, 2.75) is 12.5 Å². The molecule has 5 nitrogen and oxygen atoms in total. The second kappa shape index (κ2) is 5.25. The largest absolute Gasteiger partial charge is 0.496 e. The van der Waals surface area contributed by atoms with E-state index in [1.807, 2.05) is 0 Å².